The highest BCUT2D eigenvalue weighted by Gasteiger charge is 2.26. The maximum Gasteiger partial charge on any atom is 0.119 e. The van der Waals surface area contributed by atoms with Gasteiger partial charge in [0.05, 0.1) is 13.2 Å². The van der Waals surface area contributed by atoms with Crippen LogP contribution in [0, 0.1) is 5.92 Å². The van der Waals surface area contributed by atoms with Crippen LogP contribution in [0.3, 0.4) is 0 Å². The molecule has 0 radical (unpaired) electrons. The molecular weight excluding hydrogens is 322 g/mol. The molecule has 1 unspecified atom stereocenters. The van der Waals surface area contributed by atoms with Crippen molar-refractivity contribution in [2.24, 2.45) is 5.92 Å². The van der Waals surface area contributed by atoms with Crippen molar-refractivity contribution in [1.82, 2.24) is 4.90 Å². The first kappa shape index (κ1) is 18.9. The molecule has 2 aromatic carbocycles. The molecule has 0 bridgehead atoms. The van der Waals surface area contributed by atoms with E-state index in [1.165, 1.54) is 37.1 Å². The quantitative estimate of drug-likeness (QED) is 0.710. The van der Waals surface area contributed by atoms with E-state index >= 15 is 0 Å². The Morgan fingerprint density at radius 2 is 1.69 bits per heavy atom. The average Bonchev–Trinajstić information content (AvgIpc) is 2.72. The van der Waals surface area contributed by atoms with Gasteiger partial charge in [0.2, 0.25) is 0 Å². The molecular formula is C23H31NO2. The fourth-order valence-corrected chi connectivity index (χ4v) is 3.95. The number of hydrogen-bond donors (Lipinski definition) is 0. The lowest BCUT2D eigenvalue weighted by Gasteiger charge is -2.35. The molecule has 2 aromatic rings. The zero-order valence-electron chi connectivity index (χ0n) is 16.1. The highest BCUT2D eigenvalue weighted by atomic mass is 16.5. The van der Waals surface area contributed by atoms with E-state index < -0.39 is 0 Å². The molecule has 3 heteroatoms. The number of piperidine rings is 1. The summed E-state index contributed by atoms with van der Waals surface area (Å²) in [7, 11) is 3.59. The monoisotopic (exact) mass is 353 g/mol. The molecule has 1 saturated heterocycles. The molecule has 26 heavy (non-hydrogen) atoms. The van der Waals surface area contributed by atoms with Gasteiger partial charge < -0.3 is 14.4 Å². The highest BCUT2D eigenvalue weighted by Crippen LogP contribution is 2.25. The number of rotatable bonds is 8. The topological polar surface area (TPSA) is 21.7 Å². The third-order valence-corrected chi connectivity index (χ3v) is 5.59. The summed E-state index contributed by atoms with van der Waals surface area (Å²) >= 11 is 0. The summed E-state index contributed by atoms with van der Waals surface area (Å²) < 4.78 is 11.2. The summed E-state index contributed by atoms with van der Waals surface area (Å²) in [6, 6.07) is 19.1. The van der Waals surface area contributed by atoms with Crippen molar-refractivity contribution >= 4 is 0 Å². The van der Waals surface area contributed by atoms with E-state index in [4.69, 9.17) is 9.47 Å². The van der Waals surface area contributed by atoms with Gasteiger partial charge in [-0.25, -0.2) is 0 Å². The first-order valence-corrected chi connectivity index (χ1v) is 9.70. The first-order valence-electron chi connectivity index (χ1n) is 9.70. The fraction of sp³-hybridized carbons (Fsp3) is 0.478. The van der Waals surface area contributed by atoms with Gasteiger partial charge in [-0.2, -0.15) is 0 Å². The smallest absolute Gasteiger partial charge is 0.119 e. The Balaban J connectivity index is 1.45. The van der Waals surface area contributed by atoms with Crippen LogP contribution in [0.5, 0.6) is 5.75 Å². The van der Waals surface area contributed by atoms with Gasteiger partial charge in [0.15, 0.2) is 0 Å². The van der Waals surface area contributed by atoms with E-state index in [0.717, 1.165) is 25.1 Å². The van der Waals surface area contributed by atoms with Crippen molar-refractivity contribution in [2.45, 2.75) is 31.8 Å². The molecule has 0 saturated carbocycles. The maximum absolute atomic E-state index is 5.85. The van der Waals surface area contributed by atoms with E-state index in [9.17, 15) is 0 Å². The Morgan fingerprint density at radius 1 is 0.962 bits per heavy atom. The van der Waals surface area contributed by atoms with Gasteiger partial charge in [-0.15, -0.1) is 0 Å². The zero-order valence-corrected chi connectivity index (χ0v) is 16.1. The molecule has 0 amide bonds. The second-order valence-corrected chi connectivity index (χ2v) is 7.24. The van der Waals surface area contributed by atoms with E-state index in [0.29, 0.717) is 12.0 Å². The Hall–Kier alpha value is -1.84. The zero-order chi connectivity index (χ0) is 18.2. The Morgan fingerprint density at radius 3 is 2.38 bits per heavy atom. The predicted octanol–water partition coefficient (Wildman–Crippen LogP) is 4.21. The third-order valence-electron chi connectivity index (χ3n) is 5.59. The molecule has 0 N–H and O–H groups in total. The molecule has 1 fully saturated rings. The molecule has 1 heterocycles. The Bertz CT molecular complexity index is 650. The molecule has 1 aliphatic rings. The van der Waals surface area contributed by atoms with Gasteiger partial charge in [0, 0.05) is 13.7 Å². The summed E-state index contributed by atoms with van der Waals surface area (Å²) in [5, 5.41) is 0. The van der Waals surface area contributed by atoms with Gasteiger partial charge in [-0.1, -0.05) is 42.5 Å². The van der Waals surface area contributed by atoms with E-state index in [2.05, 4.69) is 53.4 Å². The van der Waals surface area contributed by atoms with Crippen molar-refractivity contribution < 1.29 is 9.47 Å². The predicted molar refractivity (Wildman–Crippen MR) is 107 cm³/mol. The number of ether oxygens (including phenoxy) is 2. The fourth-order valence-electron chi connectivity index (χ4n) is 3.95. The lowest BCUT2D eigenvalue weighted by atomic mass is 9.87. The van der Waals surface area contributed by atoms with Crippen LogP contribution in [-0.2, 0) is 17.6 Å². The largest absolute Gasteiger partial charge is 0.497 e. The van der Waals surface area contributed by atoms with Crippen LogP contribution in [0.4, 0.5) is 0 Å². The molecule has 0 aromatic heterocycles. The van der Waals surface area contributed by atoms with Crippen LogP contribution >= 0.6 is 0 Å². The van der Waals surface area contributed by atoms with Crippen LogP contribution in [0.2, 0.25) is 0 Å². The van der Waals surface area contributed by atoms with E-state index in [-0.39, 0.29) is 0 Å². The van der Waals surface area contributed by atoms with Crippen LogP contribution in [0.1, 0.15) is 24.0 Å². The number of methoxy groups -OCH3 is 2. The highest BCUT2D eigenvalue weighted by molar-refractivity contribution is 5.28. The lowest BCUT2D eigenvalue weighted by molar-refractivity contribution is 0.0221. The summed E-state index contributed by atoms with van der Waals surface area (Å²) in [5.74, 6) is 1.61. The second-order valence-electron chi connectivity index (χ2n) is 7.24. The minimum absolute atomic E-state index is 0.331. The van der Waals surface area contributed by atoms with Gasteiger partial charge in [-0.05, 0) is 68.0 Å². The molecule has 140 valence electrons. The second kappa shape index (κ2) is 9.75. The van der Waals surface area contributed by atoms with Crippen molar-refractivity contribution in [2.75, 3.05) is 33.9 Å². The van der Waals surface area contributed by atoms with Crippen molar-refractivity contribution in [3.05, 3.63) is 65.7 Å². The SMILES string of the molecule is COc1cccc(CCN2CCC(C(Cc3ccccc3)OC)CC2)c1. The van der Waals surface area contributed by atoms with Gasteiger partial charge in [0.25, 0.3) is 0 Å². The Labute approximate surface area is 157 Å². The first-order chi connectivity index (χ1) is 12.8. The molecule has 0 aliphatic carbocycles. The summed E-state index contributed by atoms with van der Waals surface area (Å²) in [5.41, 5.74) is 2.73. The van der Waals surface area contributed by atoms with Crippen LogP contribution in [-0.4, -0.2) is 44.9 Å². The van der Waals surface area contributed by atoms with E-state index in [1.54, 1.807) is 7.11 Å². The maximum atomic E-state index is 5.85. The van der Waals surface area contributed by atoms with E-state index in [1.807, 2.05) is 13.2 Å². The number of hydrogen-bond acceptors (Lipinski definition) is 3. The van der Waals surface area contributed by atoms with Crippen LogP contribution in [0.25, 0.3) is 0 Å². The summed E-state index contributed by atoms with van der Waals surface area (Å²) in [6.07, 6.45) is 4.89. The molecule has 0 spiro atoms. The number of likely N-dealkylation sites (tertiary alicyclic amines) is 1. The van der Waals surface area contributed by atoms with Crippen LogP contribution < -0.4 is 4.74 Å². The van der Waals surface area contributed by atoms with Crippen molar-refractivity contribution in [1.29, 1.82) is 0 Å². The summed E-state index contributed by atoms with van der Waals surface area (Å²) in [6.45, 7) is 3.46. The molecule has 1 aliphatic heterocycles. The minimum Gasteiger partial charge on any atom is -0.497 e. The molecule has 1 atom stereocenters. The molecule has 3 nitrogen and oxygen atoms in total. The normalized spacial score (nSPS) is 17.2. The van der Waals surface area contributed by atoms with Crippen molar-refractivity contribution in [3.63, 3.8) is 0 Å². The average molecular weight is 354 g/mol. The van der Waals surface area contributed by atoms with Gasteiger partial charge in [-0.3, -0.25) is 0 Å². The Kier molecular flexibility index (Phi) is 7.10. The third kappa shape index (κ3) is 5.33. The summed E-state index contributed by atoms with van der Waals surface area (Å²) in [4.78, 5) is 2.59. The minimum atomic E-state index is 0.331. The standard InChI is InChI=1S/C23H31NO2/c1-25-22-10-6-9-20(17-22)11-14-24-15-12-21(13-16-24)23(26-2)18-19-7-4-3-5-8-19/h3-10,17,21,23H,11-16,18H2,1-2H3. The number of benzene rings is 2. The molecule has 3 rings (SSSR count). The van der Waals surface area contributed by atoms with Gasteiger partial charge in [0.1, 0.15) is 5.75 Å². The van der Waals surface area contributed by atoms with Crippen LogP contribution in [0.15, 0.2) is 54.6 Å². The number of nitrogens with zero attached hydrogens (tertiary/aromatic N) is 1. The van der Waals surface area contributed by atoms with Crippen molar-refractivity contribution in [3.8, 4) is 5.75 Å². The van der Waals surface area contributed by atoms with Gasteiger partial charge >= 0.3 is 0 Å². The lowest BCUT2D eigenvalue weighted by Crippen LogP contribution is -2.39.